The zero-order chi connectivity index (χ0) is 25.1. The van der Waals surface area contributed by atoms with Crippen molar-refractivity contribution in [2.24, 2.45) is 11.8 Å². The molecule has 3 heterocycles. The Morgan fingerprint density at radius 2 is 1.64 bits per heavy atom. The summed E-state index contributed by atoms with van der Waals surface area (Å²) in [5.41, 5.74) is 1.76. The summed E-state index contributed by atoms with van der Waals surface area (Å²) in [6, 6.07) is 16.2. The molecule has 0 radical (unpaired) electrons. The molecule has 4 atom stereocenters. The van der Waals surface area contributed by atoms with E-state index in [1.807, 2.05) is 30.3 Å². The fourth-order valence-corrected chi connectivity index (χ4v) is 5.65. The zero-order valence-corrected chi connectivity index (χ0v) is 18.7. The summed E-state index contributed by atoms with van der Waals surface area (Å²) in [6.45, 7) is 0. The first-order chi connectivity index (χ1) is 17.4. The fourth-order valence-electron chi connectivity index (χ4n) is 5.65. The maximum Gasteiger partial charge on any atom is 0.270 e. The molecule has 2 saturated heterocycles. The predicted molar refractivity (Wildman–Crippen MR) is 127 cm³/mol. The van der Waals surface area contributed by atoms with Crippen LogP contribution in [0.3, 0.4) is 0 Å². The van der Waals surface area contributed by atoms with Gasteiger partial charge in [-0.25, -0.2) is 9.29 Å². The van der Waals surface area contributed by atoms with Crippen molar-refractivity contribution in [2.45, 2.75) is 12.1 Å². The lowest BCUT2D eigenvalue weighted by Gasteiger charge is -2.35. The molecule has 6 rings (SSSR count). The lowest BCUT2D eigenvalue weighted by Crippen LogP contribution is -2.44. The van der Waals surface area contributed by atoms with E-state index in [1.54, 1.807) is 11.1 Å². The highest BCUT2D eigenvalue weighted by Gasteiger charge is 2.64. The Balaban J connectivity index is 1.49. The van der Waals surface area contributed by atoms with Gasteiger partial charge in [0, 0.05) is 23.9 Å². The highest BCUT2D eigenvalue weighted by Crippen LogP contribution is 2.53. The van der Waals surface area contributed by atoms with E-state index in [9.17, 15) is 28.9 Å². The van der Waals surface area contributed by atoms with E-state index in [0.29, 0.717) is 0 Å². The van der Waals surface area contributed by atoms with Crippen LogP contribution in [0.1, 0.15) is 27.5 Å². The number of halogens is 1. The Morgan fingerprint density at radius 3 is 2.39 bits per heavy atom. The molecule has 4 unspecified atom stereocenters. The standard InChI is InChI=1S/C27H18FN3O5/c28-17-8-10-18(11-9-17)30-26(33)21-22(27(30)34)24(25(32)16-5-3-6-19(14-16)31(35)36)29-13-12-15-4-1-2-7-20(15)23(21)29/h1-14,21-24H. The van der Waals surface area contributed by atoms with E-state index < -0.39 is 52.3 Å². The molecule has 36 heavy (non-hydrogen) atoms. The van der Waals surface area contributed by atoms with E-state index in [1.165, 1.54) is 48.5 Å². The molecule has 3 aromatic rings. The number of Topliss-reactive ketones (excluding diaryl/α,β-unsaturated/α-hetero) is 1. The third-order valence-corrected chi connectivity index (χ3v) is 7.16. The average molecular weight is 483 g/mol. The van der Waals surface area contributed by atoms with Crippen molar-refractivity contribution in [3.8, 4) is 0 Å². The van der Waals surface area contributed by atoms with Crippen LogP contribution in [0.25, 0.3) is 6.08 Å². The van der Waals surface area contributed by atoms with Crippen LogP contribution >= 0.6 is 0 Å². The summed E-state index contributed by atoms with van der Waals surface area (Å²) in [4.78, 5) is 54.8. The van der Waals surface area contributed by atoms with Crippen molar-refractivity contribution in [1.29, 1.82) is 0 Å². The lowest BCUT2D eigenvalue weighted by atomic mass is 9.83. The summed E-state index contributed by atoms with van der Waals surface area (Å²) in [7, 11) is 0. The minimum atomic E-state index is -1.05. The Morgan fingerprint density at radius 1 is 0.917 bits per heavy atom. The maximum atomic E-state index is 13.8. The summed E-state index contributed by atoms with van der Waals surface area (Å²) in [6.07, 6.45) is 3.54. The molecule has 2 fully saturated rings. The van der Waals surface area contributed by atoms with Crippen molar-refractivity contribution >= 4 is 35.0 Å². The number of carbonyl (C=O) groups excluding carboxylic acids is 3. The lowest BCUT2D eigenvalue weighted by molar-refractivity contribution is -0.384. The van der Waals surface area contributed by atoms with Gasteiger partial charge < -0.3 is 4.90 Å². The van der Waals surface area contributed by atoms with Gasteiger partial charge >= 0.3 is 0 Å². The van der Waals surface area contributed by atoms with Gasteiger partial charge in [0.15, 0.2) is 5.78 Å². The molecular formula is C27H18FN3O5. The second kappa shape index (κ2) is 7.94. The van der Waals surface area contributed by atoms with Gasteiger partial charge in [0.1, 0.15) is 11.9 Å². The number of ketones is 1. The van der Waals surface area contributed by atoms with Gasteiger partial charge in [-0.1, -0.05) is 36.4 Å². The molecule has 0 N–H and O–H groups in total. The van der Waals surface area contributed by atoms with Crippen molar-refractivity contribution in [1.82, 2.24) is 4.90 Å². The molecule has 2 amide bonds. The number of imide groups is 1. The van der Waals surface area contributed by atoms with Gasteiger partial charge in [-0.3, -0.25) is 24.5 Å². The normalized spacial score (nSPS) is 23.9. The number of nitro groups is 1. The van der Waals surface area contributed by atoms with Crippen molar-refractivity contribution in [2.75, 3.05) is 4.90 Å². The van der Waals surface area contributed by atoms with E-state index in [-0.39, 0.29) is 16.9 Å². The summed E-state index contributed by atoms with van der Waals surface area (Å²) in [5.74, 6) is -3.89. The van der Waals surface area contributed by atoms with Crippen molar-refractivity contribution < 1.29 is 23.7 Å². The van der Waals surface area contributed by atoms with Crippen LogP contribution in [0.15, 0.2) is 79.0 Å². The Labute approximate surface area is 204 Å². The molecule has 8 nitrogen and oxygen atoms in total. The number of benzene rings is 3. The molecule has 0 aliphatic carbocycles. The van der Waals surface area contributed by atoms with Gasteiger partial charge in [-0.05, 0) is 41.5 Å². The molecule has 178 valence electrons. The number of nitro benzene ring substituents is 1. The second-order valence-electron chi connectivity index (χ2n) is 8.99. The van der Waals surface area contributed by atoms with Gasteiger partial charge in [-0.15, -0.1) is 0 Å². The molecule has 3 aliphatic heterocycles. The largest absolute Gasteiger partial charge is 0.358 e. The first-order valence-corrected chi connectivity index (χ1v) is 11.3. The third-order valence-electron chi connectivity index (χ3n) is 7.16. The highest BCUT2D eigenvalue weighted by molar-refractivity contribution is 6.24. The minimum Gasteiger partial charge on any atom is -0.358 e. The van der Waals surface area contributed by atoms with Crippen LogP contribution in [-0.4, -0.2) is 33.5 Å². The van der Waals surface area contributed by atoms with Crippen LogP contribution in [-0.2, 0) is 9.59 Å². The molecule has 0 spiro atoms. The van der Waals surface area contributed by atoms with Crippen LogP contribution in [0.2, 0.25) is 0 Å². The predicted octanol–water partition coefficient (Wildman–Crippen LogP) is 4.13. The number of hydrogen-bond donors (Lipinski definition) is 0. The first kappa shape index (κ1) is 21.8. The second-order valence-corrected chi connectivity index (χ2v) is 8.99. The number of amides is 2. The van der Waals surface area contributed by atoms with Gasteiger partial charge in [0.05, 0.1) is 28.5 Å². The smallest absolute Gasteiger partial charge is 0.270 e. The number of nitrogens with zero attached hydrogens (tertiary/aromatic N) is 3. The monoisotopic (exact) mass is 483 g/mol. The summed E-state index contributed by atoms with van der Waals surface area (Å²) >= 11 is 0. The van der Waals surface area contributed by atoms with E-state index in [4.69, 9.17) is 0 Å². The number of hydrogen-bond acceptors (Lipinski definition) is 6. The Bertz CT molecular complexity index is 1480. The summed E-state index contributed by atoms with van der Waals surface area (Å²) < 4.78 is 13.5. The summed E-state index contributed by atoms with van der Waals surface area (Å²) in [5, 5.41) is 11.3. The molecule has 3 aliphatic rings. The van der Waals surface area contributed by atoms with Crippen molar-refractivity contribution in [3.63, 3.8) is 0 Å². The van der Waals surface area contributed by atoms with Crippen molar-refractivity contribution in [3.05, 3.63) is 112 Å². The quantitative estimate of drug-likeness (QED) is 0.239. The van der Waals surface area contributed by atoms with Crippen LogP contribution in [0.4, 0.5) is 15.8 Å². The number of carbonyl (C=O) groups is 3. The fraction of sp³-hybridized carbons (Fsp3) is 0.148. The average Bonchev–Trinajstić information content (AvgIpc) is 3.37. The van der Waals surface area contributed by atoms with Crippen LogP contribution < -0.4 is 4.90 Å². The number of rotatable bonds is 4. The molecule has 0 bridgehead atoms. The molecule has 3 aromatic carbocycles. The topological polar surface area (TPSA) is 101 Å². The molecule has 9 heteroatoms. The minimum absolute atomic E-state index is 0.0846. The molecular weight excluding hydrogens is 465 g/mol. The number of anilines is 1. The SMILES string of the molecule is O=C(c1cccc([N+](=O)[O-])c1)C1C2C(=O)N(c3ccc(F)cc3)C(=O)C2C2c3ccccc3C=CN12. The van der Waals surface area contributed by atoms with Gasteiger partial charge in [-0.2, -0.15) is 0 Å². The Hall–Kier alpha value is -4.66. The van der Waals surface area contributed by atoms with E-state index in [2.05, 4.69) is 0 Å². The molecule has 0 saturated carbocycles. The van der Waals surface area contributed by atoms with Gasteiger partial charge in [0.2, 0.25) is 11.8 Å². The highest BCUT2D eigenvalue weighted by atomic mass is 19.1. The maximum absolute atomic E-state index is 13.8. The van der Waals surface area contributed by atoms with Crippen LogP contribution in [0.5, 0.6) is 0 Å². The molecule has 0 aromatic heterocycles. The zero-order valence-electron chi connectivity index (χ0n) is 18.7. The first-order valence-electron chi connectivity index (χ1n) is 11.3. The number of fused-ring (bicyclic) bond motifs is 5. The number of non-ortho nitro benzene ring substituents is 1. The van der Waals surface area contributed by atoms with E-state index >= 15 is 0 Å². The van der Waals surface area contributed by atoms with E-state index in [0.717, 1.165) is 16.0 Å². The van der Waals surface area contributed by atoms with Gasteiger partial charge in [0.25, 0.3) is 5.69 Å². The Kier molecular flexibility index (Phi) is 4.82. The van der Waals surface area contributed by atoms with Crippen LogP contribution in [0, 0.1) is 27.8 Å². The third kappa shape index (κ3) is 3.09.